The molecule has 2 heterocycles. The van der Waals surface area contributed by atoms with Gasteiger partial charge in [-0.1, -0.05) is 37.7 Å². The number of aryl methyl sites for hydroxylation is 1. The minimum Gasteiger partial charge on any atom is -0.463 e. The summed E-state index contributed by atoms with van der Waals surface area (Å²) in [5.74, 6) is -2.12. The molecule has 2 aromatic rings. The molecule has 1 saturated heterocycles. The zero-order valence-corrected chi connectivity index (χ0v) is 23.2. The van der Waals surface area contributed by atoms with Crippen LogP contribution >= 0.6 is 11.8 Å². The van der Waals surface area contributed by atoms with E-state index >= 15 is 0 Å². The van der Waals surface area contributed by atoms with E-state index in [9.17, 15) is 19.2 Å². The molecule has 0 saturated carbocycles. The Bertz CT molecular complexity index is 1160. The van der Waals surface area contributed by atoms with Crippen molar-refractivity contribution >= 4 is 46.7 Å². The molecule has 0 aliphatic carbocycles. The van der Waals surface area contributed by atoms with Crippen molar-refractivity contribution in [2.24, 2.45) is 5.92 Å². The fourth-order valence-corrected chi connectivity index (χ4v) is 5.35. The molecule has 11 nitrogen and oxygen atoms in total. The first-order chi connectivity index (χ1) is 18.0. The van der Waals surface area contributed by atoms with Gasteiger partial charge in [-0.25, -0.2) is 4.98 Å². The fourth-order valence-electron chi connectivity index (χ4n) is 4.13. The second-order valence-corrected chi connectivity index (χ2v) is 10.5. The van der Waals surface area contributed by atoms with Gasteiger partial charge in [0, 0.05) is 34.2 Å². The van der Waals surface area contributed by atoms with Gasteiger partial charge in [0.15, 0.2) is 28.9 Å². The Morgan fingerprint density at radius 3 is 2.13 bits per heavy atom. The van der Waals surface area contributed by atoms with Gasteiger partial charge in [-0.2, -0.15) is 0 Å². The predicted octanol–water partition coefficient (Wildman–Crippen LogP) is 3.26. The quantitative estimate of drug-likeness (QED) is 0.319. The molecule has 208 valence electrons. The molecule has 1 aromatic carbocycles. The number of hydrogen-bond donors (Lipinski definition) is 0. The maximum atomic E-state index is 12.1. The van der Waals surface area contributed by atoms with Crippen LogP contribution < -0.4 is 0 Å². The number of benzene rings is 1. The predicted molar refractivity (Wildman–Crippen MR) is 137 cm³/mol. The van der Waals surface area contributed by atoms with Crippen LogP contribution in [0.25, 0.3) is 11.0 Å². The zero-order valence-electron chi connectivity index (χ0n) is 22.4. The first-order valence-corrected chi connectivity index (χ1v) is 13.3. The molecule has 1 aliphatic rings. The van der Waals surface area contributed by atoms with Crippen LogP contribution in [0.2, 0.25) is 0 Å². The van der Waals surface area contributed by atoms with Gasteiger partial charge >= 0.3 is 23.9 Å². The first kappa shape index (κ1) is 29.4. The molecule has 1 aliphatic heterocycles. The SMILES string of the molecule is CC(=O)OCC1OC(Sc2nc3ccccc3n2CCC(C)C)C(OC(C)=O)C(OC(C)=O)C1OC(C)=O. The topological polar surface area (TPSA) is 132 Å². The van der Waals surface area contributed by atoms with E-state index < -0.39 is 53.7 Å². The van der Waals surface area contributed by atoms with Gasteiger partial charge in [-0.05, 0) is 24.5 Å². The Morgan fingerprint density at radius 1 is 0.921 bits per heavy atom. The van der Waals surface area contributed by atoms with Crippen molar-refractivity contribution in [3.05, 3.63) is 24.3 Å². The van der Waals surface area contributed by atoms with Crippen molar-refractivity contribution < 1.29 is 42.9 Å². The molecule has 12 heteroatoms. The van der Waals surface area contributed by atoms with Crippen molar-refractivity contribution in [1.82, 2.24) is 9.55 Å². The molecule has 0 amide bonds. The summed E-state index contributed by atoms with van der Waals surface area (Å²) in [6.45, 7) is 9.50. The van der Waals surface area contributed by atoms with E-state index in [2.05, 4.69) is 18.4 Å². The van der Waals surface area contributed by atoms with E-state index in [-0.39, 0.29) is 6.61 Å². The molecule has 38 heavy (non-hydrogen) atoms. The Hall–Kier alpha value is -3.12. The first-order valence-electron chi connectivity index (χ1n) is 12.4. The van der Waals surface area contributed by atoms with Crippen molar-refractivity contribution in [2.75, 3.05) is 6.61 Å². The largest absolute Gasteiger partial charge is 0.463 e. The van der Waals surface area contributed by atoms with Crippen molar-refractivity contribution in [1.29, 1.82) is 0 Å². The van der Waals surface area contributed by atoms with Gasteiger partial charge in [0.25, 0.3) is 0 Å². The summed E-state index contributed by atoms with van der Waals surface area (Å²) in [6.07, 6.45) is -3.69. The van der Waals surface area contributed by atoms with Crippen LogP contribution in [-0.4, -0.2) is 69.9 Å². The minimum atomic E-state index is -1.22. The van der Waals surface area contributed by atoms with E-state index in [1.54, 1.807) is 0 Å². The second kappa shape index (κ2) is 13.1. The van der Waals surface area contributed by atoms with Crippen molar-refractivity contribution in [2.45, 2.75) is 89.5 Å². The normalized spacial score (nSPS) is 23.2. The van der Waals surface area contributed by atoms with Gasteiger partial charge in [0.1, 0.15) is 12.7 Å². The van der Waals surface area contributed by atoms with E-state index in [0.717, 1.165) is 17.5 Å². The molecule has 5 unspecified atom stereocenters. The Kier molecular flexibility index (Phi) is 10.1. The lowest BCUT2D eigenvalue weighted by Crippen LogP contribution is -2.61. The van der Waals surface area contributed by atoms with E-state index in [1.807, 2.05) is 24.3 Å². The summed E-state index contributed by atoms with van der Waals surface area (Å²) in [6, 6.07) is 7.70. The van der Waals surface area contributed by atoms with Gasteiger partial charge in [0.2, 0.25) is 0 Å². The van der Waals surface area contributed by atoms with E-state index in [1.165, 1.54) is 39.5 Å². The number of carbonyl (C=O) groups is 4. The third-order valence-electron chi connectivity index (χ3n) is 5.72. The maximum absolute atomic E-state index is 12.1. The van der Waals surface area contributed by atoms with Crippen molar-refractivity contribution in [3.8, 4) is 0 Å². The molecular formula is C26H34N2O9S. The number of fused-ring (bicyclic) bond motifs is 1. The molecule has 0 bridgehead atoms. The molecule has 3 rings (SSSR count). The fraction of sp³-hybridized carbons (Fsp3) is 0.577. The molecule has 0 radical (unpaired) electrons. The third kappa shape index (κ3) is 7.70. The van der Waals surface area contributed by atoms with Crippen LogP contribution in [0.5, 0.6) is 0 Å². The number of ether oxygens (including phenoxy) is 5. The van der Waals surface area contributed by atoms with Crippen LogP contribution in [0.4, 0.5) is 0 Å². The van der Waals surface area contributed by atoms with Gasteiger partial charge in [-0.15, -0.1) is 0 Å². The van der Waals surface area contributed by atoms with Gasteiger partial charge in [-0.3, -0.25) is 19.2 Å². The number of nitrogens with zero attached hydrogens (tertiary/aromatic N) is 2. The van der Waals surface area contributed by atoms with E-state index in [0.29, 0.717) is 17.6 Å². The molecule has 0 N–H and O–H groups in total. The lowest BCUT2D eigenvalue weighted by Gasteiger charge is -2.44. The minimum absolute atomic E-state index is 0.279. The van der Waals surface area contributed by atoms with Crippen LogP contribution in [0.1, 0.15) is 48.0 Å². The molecule has 0 spiro atoms. The van der Waals surface area contributed by atoms with Crippen LogP contribution in [-0.2, 0) is 49.4 Å². The monoisotopic (exact) mass is 550 g/mol. The average Bonchev–Trinajstić information content (AvgIpc) is 3.16. The standard InChI is InChI=1S/C26H34N2O9S/c1-14(2)11-12-28-20-10-8-7-9-19(20)27-26(28)38-25-24(36-18(6)32)23(35-17(5)31)22(34-16(4)30)21(37-25)13-33-15(3)29/h7-10,14,21-25H,11-13H2,1-6H3. The summed E-state index contributed by atoms with van der Waals surface area (Å²) >= 11 is 1.19. The highest BCUT2D eigenvalue weighted by Gasteiger charge is 2.52. The highest BCUT2D eigenvalue weighted by atomic mass is 32.2. The number of hydrogen-bond acceptors (Lipinski definition) is 11. The van der Waals surface area contributed by atoms with Crippen molar-refractivity contribution in [3.63, 3.8) is 0 Å². The van der Waals surface area contributed by atoms with Crippen LogP contribution in [0, 0.1) is 5.92 Å². The summed E-state index contributed by atoms with van der Waals surface area (Å²) in [4.78, 5) is 52.5. The Morgan fingerprint density at radius 2 is 1.53 bits per heavy atom. The smallest absolute Gasteiger partial charge is 0.303 e. The third-order valence-corrected chi connectivity index (χ3v) is 6.85. The molecular weight excluding hydrogens is 516 g/mol. The highest BCUT2D eigenvalue weighted by molar-refractivity contribution is 7.99. The summed E-state index contributed by atoms with van der Waals surface area (Å²) in [5, 5.41) is 0.604. The number of imidazole rings is 1. The number of esters is 4. The maximum Gasteiger partial charge on any atom is 0.303 e. The van der Waals surface area contributed by atoms with Crippen LogP contribution in [0.15, 0.2) is 29.4 Å². The van der Waals surface area contributed by atoms with Gasteiger partial charge in [0.05, 0.1) is 11.0 Å². The summed E-state index contributed by atoms with van der Waals surface area (Å²) < 4.78 is 30.0. The Labute approximate surface area is 225 Å². The number of thioether (sulfide) groups is 1. The highest BCUT2D eigenvalue weighted by Crippen LogP contribution is 2.38. The second-order valence-electron chi connectivity index (χ2n) is 9.40. The lowest BCUT2D eigenvalue weighted by molar-refractivity contribution is -0.237. The average molecular weight is 551 g/mol. The van der Waals surface area contributed by atoms with Gasteiger partial charge < -0.3 is 28.3 Å². The number of rotatable bonds is 10. The Balaban J connectivity index is 2.05. The lowest BCUT2D eigenvalue weighted by atomic mass is 9.99. The summed E-state index contributed by atoms with van der Waals surface area (Å²) in [5.41, 5.74) is 0.774. The number of para-hydroxylation sites is 2. The number of aromatic nitrogens is 2. The molecule has 1 fully saturated rings. The summed E-state index contributed by atoms with van der Waals surface area (Å²) in [7, 11) is 0. The number of carbonyl (C=O) groups excluding carboxylic acids is 4. The van der Waals surface area contributed by atoms with E-state index in [4.69, 9.17) is 28.7 Å². The van der Waals surface area contributed by atoms with Crippen LogP contribution in [0.3, 0.4) is 0 Å². The molecule has 1 aromatic heterocycles. The zero-order chi connectivity index (χ0) is 28.0. The molecule has 5 atom stereocenters.